The van der Waals surface area contributed by atoms with Crippen molar-refractivity contribution in [2.24, 2.45) is 17.1 Å². The van der Waals surface area contributed by atoms with Crippen molar-refractivity contribution in [1.29, 1.82) is 0 Å². The van der Waals surface area contributed by atoms with Crippen LogP contribution in [0.4, 0.5) is 0 Å². The molecule has 3 unspecified atom stereocenters. The summed E-state index contributed by atoms with van der Waals surface area (Å²) < 4.78 is 0. The zero-order chi connectivity index (χ0) is 15.5. The lowest BCUT2D eigenvalue weighted by Crippen LogP contribution is -2.51. The molecule has 1 aromatic heterocycles. The normalized spacial score (nSPS) is 27.0. The third-order valence-corrected chi connectivity index (χ3v) is 5.11. The molecule has 1 aliphatic carbocycles. The summed E-state index contributed by atoms with van der Waals surface area (Å²) in [5, 5.41) is 0. The van der Waals surface area contributed by atoms with Gasteiger partial charge in [0.05, 0.1) is 0 Å². The van der Waals surface area contributed by atoms with Crippen LogP contribution in [0.25, 0.3) is 0 Å². The summed E-state index contributed by atoms with van der Waals surface area (Å²) in [4.78, 5) is 6.87. The van der Waals surface area contributed by atoms with Crippen LogP contribution in [0.5, 0.6) is 0 Å². The molecule has 1 saturated carbocycles. The molecule has 1 aliphatic rings. The van der Waals surface area contributed by atoms with Crippen LogP contribution in [-0.2, 0) is 6.42 Å². The summed E-state index contributed by atoms with van der Waals surface area (Å²) in [7, 11) is 2.22. The lowest BCUT2D eigenvalue weighted by atomic mass is 9.69. The van der Waals surface area contributed by atoms with E-state index in [0.717, 1.165) is 25.3 Å². The molecule has 118 valence electrons. The van der Waals surface area contributed by atoms with Crippen molar-refractivity contribution in [3.8, 4) is 0 Å². The second-order valence-corrected chi connectivity index (χ2v) is 7.66. The summed E-state index contributed by atoms with van der Waals surface area (Å²) >= 11 is 0. The maximum absolute atomic E-state index is 6.40. The molecular weight excluding hydrogens is 258 g/mol. The molecule has 0 aromatic carbocycles. The molecule has 3 nitrogen and oxygen atoms in total. The predicted molar refractivity (Wildman–Crippen MR) is 89.1 cm³/mol. The molecule has 0 saturated heterocycles. The van der Waals surface area contributed by atoms with E-state index in [1.165, 1.54) is 18.5 Å². The molecule has 2 N–H and O–H groups in total. The number of aromatic nitrogens is 1. The standard InChI is InChI=1S/C18H31N3/c1-18(2,3)14-8-9-16(19)17(13-14)21(4)12-10-15-7-5-6-11-20-15/h5-7,11,14,16-17H,8-10,12-13,19H2,1-4H3. The number of rotatable bonds is 4. The highest BCUT2D eigenvalue weighted by Crippen LogP contribution is 2.38. The van der Waals surface area contributed by atoms with Gasteiger partial charge in [0.1, 0.15) is 0 Å². The molecule has 1 heterocycles. The zero-order valence-corrected chi connectivity index (χ0v) is 14.0. The Morgan fingerprint density at radius 3 is 2.67 bits per heavy atom. The van der Waals surface area contributed by atoms with Gasteiger partial charge in [-0.05, 0) is 49.8 Å². The van der Waals surface area contributed by atoms with E-state index in [1.54, 1.807) is 0 Å². The first kappa shape index (κ1) is 16.4. The second kappa shape index (κ2) is 6.89. The number of hydrogen-bond donors (Lipinski definition) is 1. The Morgan fingerprint density at radius 2 is 2.05 bits per heavy atom. The fraction of sp³-hybridized carbons (Fsp3) is 0.722. The average molecular weight is 289 g/mol. The molecule has 0 radical (unpaired) electrons. The molecular formula is C18H31N3. The number of nitrogens with two attached hydrogens (primary N) is 1. The fourth-order valence-corrected chi connectivity index (χ4v) is 3.47. The molecule has 3 atom stereocenters. The van der Waals surface area contributed by atoms with Gasteiger partial charge in [0.25, 0.3) is 0 Å². The van der Waals surface area contributed by atoms with Crippen molar-refractivity contribution in [3.63, 3.8) is 0 Å². The number of likely N-dealkylation sites (N-methyl/N-ethyl adjacent to an activating group) is 1. The van der Waals surface area contributed by atoms with Crippen LogP contribution >= 0.6 is 0 Å². The topological polar surface area (TPSA) is 42.2 Å². The van der Waals surface area contributed by atoms with Crippen LogP contribution in [0, 0.1) is 11.3 Å². The van der Waals surface area contributed by atoms with Crippen molar-refractivity contribution >= 4 is 0 Å². The van der Waals surface area contributed by atoms with E-state index in [9.17, 15) is 0 Å². The first-order chi connectivity index (χ1) is 9.88. The van der Waals surface area contributed by atoms with Gasteiger partial charge in [-0.3, -0.25) is 4.98 Å². The predicted octanol–water partition coefficient (Wildman–Crippen LogP) is 3.10. The Bertz CT molecular complexity index is 424. The van der Waals surface area contributed by atoms with E-state index in [0.29, 0.717) is 17.5 Å². The van der Waals surface area contributed by atoms with Crippen molar-refractivity contribution in [1.82, 2.24) is 9.88 Å². The smallest absolute Gasteiger partial charge is 0.0416 e. The molecule has 21 heavy (non-hydrogen) atoms. The number of hydrogen-bond acceptors (Lipinski definition) is 3. The first-order valence-electron chi connectivity index (χ1n) is 8.23. The maximum atomic E-state index is 6.40. The van der Waals surface area contributed by atoms with Gasteiger partial charge < -0.3 is 10.6 Å². The van der Waals surface area contributed by atoms with Crippen LogP contribution in [-0.4, -0.2) is 35.6 Å². The molecule has 2 rings (SSSR count). The molecule has 1 aromatic rings. The Hall–Kier alpha value is -0.930. The summed E-state index contributed by atoms with van der Waals surface area (Å²) in [6.45, 7) is 8.12. The van der Waals surface area contributed by atoms with Crippen molar-refractivity contribution in [3.05, 3.63) is 30.1 Å². The van der Waals surface area contributed by atoms with Gasteiger partial charge in [0, 0.05) is 36.9 Å². The highest BCUT2D eigenvalue weighted by molar-refractivity contribution is 5.04. The van der Waals surface area contributed by atoms with Crippen LogP contribution < -0.4 is 5.73 Å². The van der Waals surface area contributed by atoms with Gasteiger partial charge in [0.15, 0.2) is 0 Å². The van der Waals surface area contributed by atoms with E-state index in [1.807, 2.05) is 12.3 Å². The van der Waals surface area contributed by atoms with Gasteiger partial charge in [-0.15, -0.1) is 0 Å². The Labute approximate surface area is 129 Å². The molecule has 1 fully saturated rings. The van der Waals surface area contributed by atoms with Gasteiger partial charge in [-0.1, -0.05) is 26.8 Å². The van der Waals surface area contributed by atoms with E-state index < -0.39 is 0 Å². The summed E-state index contributed by atoms with van der Waals surface area (Å²) in [5.41, 5.74) is 7.95. The number of nitrogens with zero attached hydrogens (tertiary/aromatic N) is 2. The van der Waals surface area contributed by atoms with Crippen molar-refractivity contribution < 1.29 is 0 Å². The van der Waals surface area contributed by atoms with Gasteiger partial charge in [-0.25, -0.2) is 0 Å². The second-order valence-electron chi connectivity index (χ2n) is 7.66. The van der Waals surface area contributed by atoms with E-state index in [2.05, 4.69) is 49.8 Å². The molecule has 3 heteroatoms. The minimum absolute atomic E-state index is 0.317. The van der Waals surface area contributed by atoms with Crippen molar-refractivity contribution in [2.45, 2.75) is 58.5 Å². The molecule has 0 aliphatic heterocycles. The lowest BCUT2D eigenvalue weighted by molar-refractivity contribution is 0.0847. The van der Waals surface area contributed by atoms with Crippen molar-refractivity contribution in [2.75, 3.05) is 13.6 Å². The Kier molecular flexibility index (Phi) is 5.39. The van der Waals surface area contributed by atoms with Crippen LogP contribution in [0.15, 0.2) is 24.4 Å². The summed E-state index contributed by atoms with van der Waals surface area (Å²) in [6.07, 6.45) is 6.53. The monoisotopic (exact) mass is 289 g/mol. The van der Waals surface area contributed by atoms with E-state index >= 15 is 0 Å². The van der Waals surface area contributed by atoms with Crippen LogP contribution in [0.3, 0.4) is 0 Å². The molecule has 0 bridgehead atoms. The Balaban J connectivity index is 1.92. The Morgan fingerprint density at radius 1 is 1.29 bits per heavy atom. The average Bonchev–Trinajstić information content (AvgIpc) is 2.45. The number of pyridine rings is 1. The van der Waals surface area contributed by atoms with Gasteiger partial charge in [0.2, 0.25) is 0 Å². The SMILES string of the molecule is CN(CCc1ccccn1)C1CC(C(C)(C)C)CCC1N. The molecule has 0 spiro atoms. The minimum Gasteiger partial charge on any atom is -0.326 e. The van der Waals surface area contributed by atoms with Gasteiger partial charge >= 0.3 is 0 Å². The van der Waals surface area contributed by atoms with E-state index in [4.69, 9.17) is 5.73 Å². The third-order valence-electron chi connectivity index (χ3n) is 5.11. The van der Waals surface area contributed by atoms with Crippen LogP contribution in [0.2, 0.25) is 0 Å². The maximum Gasteiger partial charge on any atom is 0.0416 e. The third kappa shape index (κ3) is 4.52. The zero-order valence-electron chi connectivity index (χ0n) is 14.0. The largest absolute Gasteiger partial charge is 0.326 e. The van der Waals surface area contributed by atoms with Gasteiger partial charge in [-0.2, -0.15) is 0 Å². The highest BCUT2D eigenvalue weighted by atomic mass is 15.1. The lowest BCUT2D eigenvalue weighted by Gasteiger charge is -2.44. The quantitative estimate of drug-likeness (QED) is 0.926. The van der Waals surface area contributed by atoms with Crippen LogP contribution in [0.1, 0.15) is 45.7 Å². The summed E-state index contributed by atoms with van der Waals surface area (Å²) in [5.74, 6) is 0.777. The minimum atomic E-state index is 0.317. The highest BCUT2D eigenvalue weighted by Gasteiger charge is 2.35. The summed E-state index contributed by atoms with van der Waals surface area (Å²) in [6, 6.07) is 6.96. The fourth-order valence-electron chi connectivity index (χ4n) is 3.47. The van der Waals surface area contributed by atoms with E-state index in [-0.39, 0.29) is 0 Å². The molecule has 0 amide bonds. The first-order valence-corrected chi connectivity index (χ1v) is 8.23.